The van der Waals surface area contributed by atoms with Gasteiger partial charge in [-0.1, -0.05) is 18.2 Å². The van der Waals surface area contributed by atoms with Crippen molar-refractivity contribution in [1.82, 2.24) is 4.90 Å². The lowest BCUT2D eigenvalue weighted by Gasteiger charge is -2.21. The third kappa shape index (κ3) is 1.99. The van der Waals surface area contributed by atoms with Crippen LogP contribution in [0.4, 0.5) is 0 Å². The number of phenols is 1. The average Bonchev–Trinajstić information content (AvgIpc) is 2.16. The van der Waals surface area contributed by atoms with Gasteiger partial charge in [-0.15, -0.1) is 0 Å². The Kier molecular flexibility index (Phi) is 2.90. The molecule has 0 aliphatic heterocycles. The van der Waals surface area contributed by atoms with E-state index in [0.29, 0.717) is 0 Å². The van der Waals surface area contributed by atoms with Gasteiger partial charge in [0.2, 0.25) is 6.41 Å². The molecule has 1 atom stereocenters. The number of hydrogen-bond donors (Lipinski definition) is 1. The zero-order valence-corrected chi connectivity index (χ0v) is 7.77. The molecule has 1 aromatic rings. The van der Waals surface area contributed by atoms with Gasteiger partial charge in [0.15, 0.2) is 0 Å². The number of nitrogens with zero attached hydrogens (tertiary/aromatic N) is 1. The predicted octanol–water partition coefficient (Wildman–Crippen LogP) is 1.54. The molecule has 13 heavy (non-hydrogen) atoms. The highest BCUT2D eigenvalue weighted by molar-refractivity contribution is 5.49. The van der Waals surface area contributed by atoms with Crippen molar-refractivity contribution in [1.29, 1.82) is 0 Å². The molecule has 0 aromatic heterocycles. The summed E-state index contributed by atoms with van der Waals surface area (Å²) in [4.78, 5) is 12.0. The number of aromatic hydroxyl groups is 1. The average molecular weight is 179 g/mol. The van der Waals surface area contributed by atoms with E-state index in [1.54, 1.807) is 25.2 Å². The molecule has 0 aliphatic rings. The molecule has 1 rings (SSSR count). The standard InChI is InChI=1S/C10H13NO2/c1-8(11(2)7-12)9-5-3-4-6-10(9)13/h3-8,13H,1-2H3. The van der Waals surface area contributed by atoms with E-state index in [-0.39, 0.29) is 11.8 Å². The first-order valence-corrected chi connectivity index (χ1v) is 4.12. The van der Waals surface area contributed by atoms with Gasteiger partial charge >= 0.3 is 0 Å². The molecule has 0 aliphatic carbocycles. The maximum atomic E-state index is 10.5. The molecule has 1 unspecified atom stereocenters. The molecular weight excluding hydrogens is 166 g/mol. The van der Waals surface area contributed by atoms with E-state index in [9.17, 15) is 9.90 Å². The molecule has 3 heteroatoms. The summed E-state index contributed by atoms with van der Waals surface area (Å²) < 4.78 is 0. The first-order valence-electron chi connectivity index (χ1n) is 4.12. The first kappa shape index (κ1) is 9.58. The van der Waals surface area contributed by atoms with Gasteiger partial charge in [0.05, 0.1) is 6.04 Å². The Hall–Kier alpha value is -1.51. The van der Waals surface area contributed by atoms with E-state index < -0.39 is 0 Å². The molecule has 0 bridgehead atoms. The van der Waals surface area contributed by atoms with Gasteiger partial charge in [-0.25, -0.2) is 0 Å². The molecule has 1 N–H and O–H groups in total. The summed E-state index contributed by atoms with van der Waals surface area (Å²) in [5, 5.41) is 9.48. The monoisotopic (exact) mass is 179 g/mol. The summed E-state index contributed by atoms with van der Waals surface area (Å²) in [6.07, 6.45) is 0.747. The SMILES string of the molecule is CC(c1ccccc1O)N(C)C=O. The minimum atomic E-state index is -0.0984. The smallest absolute Gasteiger partial charge is 0.209 e. The summed E-state index contributed by atoms with van der Waals surface area (Å²) in [7, 11) is 1.68. The Morgan fingerprint density at radius 2 is 2.08 bits per heavy atom. The Bertz CT molecular complexity index is 299. The lowest BCUT2D eigenvalue weighted by molar-refractivity contribution is -0.118. The van der Waals surface area contributed by atoms with Gasteiger partial charge in [0, 0.05) is 12.6 Å². The first-order chi connectivity index (χ1) is 6.16. The van der Waals surface area contributed by atoms with Crippen LogP contribution in [0.1, 0.15) is 18.5 Å². The second-order valence-electron chi connectivity index (χ2n) is 3.01. The molecule has 3 nitrogen and oxygen atoms in total. The molecule has 0 saturated carbocycles. The van der Waals surface area contributed by atoms with Crippen LogP contribution in [0.25, 0.3) is 0 Å². The van der Waals surface area contributed by atoms with Crippen molar-refractivity contribution >= 4 is 6.41 Å². The van der Waals surface area contributed by atoms with Crippen molar-refractivity contribution in [3.63, 3.8) is 0 Å². The second-order valence-corrected chi connectivity index (χ2v) is 3.01. The van der Waals surface area contributed by atoms with Gasteiger partial charge in [-0.2, -0.15) is 0 Å². The van der Waals surface area contributed by atoms with Crippen LogP contribution in [0.2, 0.25) is 0 Å². The number of carbonyl (C=O) groups excluding carboxylic acids is 1. The van der Waals surface area contributed by atoms with Crippen molar-refractivity contribution in [2.75, 3.05) is 7.05 Å². The fourth-order valence-corrected chi connectivity index (χ4v) is 1.15. The number of phenolic OH excluding ortho intramolecular Hbond substituents is 1. The Labute approximate surface area is 77.6 Å². The van der Waals surface area contributed by atoms with Crippen molar-refractivity contribution in [3.05, 3.63) is 29.8 Å². The van der Waals surface area contributed by atoms with Crippen LogP contribution in [0.3, 0.4) is 0 Å². The molecule has 0 saturated heterocycles. The van der Waals surface area contributed by atoms with E-state index in [0.717, 1.165) is 12.0 Å². The maximum absolute atomic E-state index is 10.5. The summed E-state index contributed by atoms with van der Waals surface area (Å²) in [5.41, 5.74) is 0.761. The lowest BCUT2D eigenvalue weighted by Crippen LogP contribution is -2.20. The third-order valence-corrected chi connectivity index (χ3v) is 2.16. The highest BCUT2D eigenvalue weighted by atomic mass is 16.3. The van der Waals surface area contributed by atoms with E-state index in [2.05, 4.69) is 0 Å². The van der Waals surface area contributed by atoms with Crippen molar-refractivity contribution in [2.45, 2.75) is 13.0 Å². The molecule has 0 spiro atoms. The summed E-state index contributed by atoms with van der Waals surface area (Å²) >= 11 is 0. The third-order valence-electron chi connectivity index (χ3n) is 2.16. The summed E-state index contributed by atoms with van der Waals surface area (Å²) in [6.45, 7) is 1.86. The van der Waals surface area contributed by atoms with Crippen LogP contribution in [0, 0.1) is 0 Å². The minimum absolute atomic E-state index is 0.0984. The van der Waals surface area contributed by atoms with Crippen molar-refractivity contribution in [2.24, 2.45) is 0 Å². The fraction of sp³-hybridized carbons (Fsp3) is 0.300. The Morgan fingerprint density at radius 1 is 1.46 bits per heavy atom. The van der Waals surface area contributed by atoms with Gasteiger partial charge in [-0.05, 0) is 13.0 Å². The van der Waals surface area contributed by atoms with Crippen LogP contribution >= 0.6 is 0 Å². The van der Waals surface area contributed by atoms with E-state index >= 15 is 0 Å². The number of amides is 1. The molecular formula is C10H13NO2. The molecule has 1 amide bonds. The van der Waals surface area contributed by atoms with Crippen molar-refractivity contribution in [3.8, 4) is 5.75 Å². The summed E-state index contributed by atoms with van der Waals surface area (Å²) in [5.74, 6) is 0.226. The number of hydrogen-bond acceptors (Lipinski definition) is 2. The number of rotatable bonds is 3. The number of para-hydroxylation sites is 1. The Morgan fingerprint density at radius 3 is 2.62 bits per heavy atom. The number of benzene rings is 1. The van der Waals surface area contributed by atoms with Crippen LogP contribution in [-0.4, -0.2) is 23.5 Å². The van der Waals surface area contributed by atoms with Crippen LogP contribution in [0.15, 0.2) is 24.3 Å². The van der Waals surface area contributed by atoms with Crippen LogP contribution < -0.4 is 0 Å². The number of carbonyl (C=O) groups is 1. The molecule has 0 heterocycles. The van der Waals surface area contributed by atoms with E-state index in [4.69, 9.17) is 0 Å². The highest BCUT2D eigenvalue weighted by Gasteiger charge is 2.12. The second kappa shape index (κ2) is 3.94. The minimum Gasteiger partial charge on any atom is -0.508 e. The quantitative estimate of drug-likeness (QED) is 0.715. The summed E-state index contributed by atoms with van der Waals surface area (Å²) in [6, 6.07) is 6.92. The zero-order valence-electron chi connectivity index (χ0n) is 7.77. The van der Waals surface area contributed by atoms with Gasteiger partial charge in [-0.3, -0.25) is 4.79 Å². The maximum Gasteiger partial charge on any atom is 0.209 e. The lowest BCUT2D eigenvalue weighted by atomic mass is 10.1. The molecule has 0 fully saturated rings. The molecule has 0 radical (unpaired) electrons. The highest BCUT2D eigenvalue weighted by Crippen LogP contribution is 2.25. The topological polar surface area (TPSA) is 40.5 Å². The van der Waals surface area contributed by atoms with Crippen LogP contribution in [-0.2, 0) is 4.79 Å². The fourth-order valence-electron chi connectivity index (χ4n) is 1.15. The van der Waals surface area contributed by atoms with Gasteiger partial charge < -0.3 is 10.0 Å². The van der Waals surface area contributed by atoms with E-state index in [1.165, 1.54) is 4.90 Å². The predicted molar refractivity (Wildman–Crippen MR) is 50.3 cm³/mol. The molecule has 70 valence electrons. The Balaban J connectivity index is 2.94. The zero-order chi connectivity index (χ0) is 9.84. The largest absolute Gasteiger partial charge is 0.508 e. The van der Waals surface area contributed by atoms with Crippen LogP contribution in [0.5, 0.6) is 5.75 Å². The van der Waals surface area contributed by atoms with Gasteiger partial charge in [0.25, 0.3) is 0 Å². The normalized spacial score (nSPS) is 12.2. The van der Waals surface area contributed by atoms with Gasteiger partial charge in [0.1, 0.15) is 5.75 Å². The van der Waals surface area contributed by atoms with Crippen molar-refractivity contribution < 1.29 is 9.90 Å². The van der Waals surface area contributed by atoms with E-state index in [1.807, 2.05) is 13.0 Å². The molecule has 1 aromatic carbocycles.